The summed E-state index contributed by atoms with van der Waals surface area (Å²) in [5, 5.41) is 11.1. The van der Waals surface area contributed by atoms with Gasteiger partial charge in [0.05, 0.1) is 6.42 Å². The van der Waals surface area contributed by atoms with Crippen molar-refractivity contribution < 1.29 is 9.90 Å². The van der Waals surface area contributed by atoms with E-state index < -0.39 is 5.97 Å². The number of carboxylic acids is 1. The fourth-order valence-electron chi connectivity index (χ4n) is 3.42. The van der Waals surface area contributed by atoms with Crippen molar-refractivity contribution in [2.45, 2.75) is 32.2 Å². The molecule has 1 N–H and O–H groups in total. The van der Waals surface area contributed by atoms with E-state index in [1.807, 2.05) is 22.9 Å². The second-order valence-corrected chi connectivity index (χ2v) is 6.75. The summed E-state index contributed by atoms with van der Waals surface area (Å²) in [6.45, 7) is 0.500. The molecule has 0 unspecified atom stereocenters. The Balaban J connectivity index is 1.40. The minimum absolute atomic E-state index is 0.138. The largest absolute Gasteiger partial charge is 0.481 e. The summed E-state index contributed by atoms with van der Waals surface area (Å²) in [6, 6.07) is 16.6. The van der Waals surface area contributed by atoms with E-state index in [0.717, 1.165) is 46.9 Å². The highest BCUT2D eigenvalue weighted by molar-refractivity contribution is 5.81. The number of aliphatic carboxylic acids is 1. The number of nitrogens with zero attached hydrogens (tertiary/aromatic N) is 3. The summed E-state index contributed by atoms with van der Waals surface area (Å²) >= 11 is 0. The van der Waals surface area contributed by atoms with Crippen LogP contribution in [0.15, 0.2) is 60.9 Å². The van der Waals surface area contributed by atoms with Gasteiger partial charge >= 0.3 is 5.97 Å². The fourth-order valence-corrected chi connectivity index (χ4v) is 3.42. The predicted octanol–water partition coefficient (Wildman–Crippen LogP) is 4.23. The minimum Gasteiger partial charge on any atom is -0.481 e. The van der Waals surface area contributed by atoms with Crippen molar-refractivity contribution in [1.29, 1.82) is 0 Å². The number of carboxylic acid groups (broad SMARTS) is 1. The third-order valence-electron chi connectivity index (χ3n) is 4.82. The van der Waals surface area contributed by atoms with Crippen LogP contribution in [0.3, 0.4) is 0 Å². The van der Waals surface area contributed by atoms with E-state index in [1.54, 1.807) is 6.20 Å². The van der Waals surface area contributed by atoms with Crippen molar-refractivity contribution in [3.05, 3.63) is 72.2 Å². The van der Waals surface area contributed by atoms with Crippen molar-refractivity contribution in [2.75, 3.05) is 0 Å². The first-order chi connectivity index (χ1) is 13.2. The average molecular weight is 359 g/mol. The number of rotatable bonds is 7. The van der Waals surface area contributed by atoms with Crippen LogP contribution in [0.5, 0.6) is 0 Å². The molecule has 0 radical (unpaired) electrons. The molecule has 5 nitrogen and oxygen atoms in total. The first-order valence-corrected chi connectivity index (χ1v) is 9.19. The predicted molar refractivity (Wildman–Crippen MR) is 106 cm³/mol. The highest BCUT2D eigenvalue weighted by Crippen LogP contribution is 2.20. The Hall–Kier alpha value is -3.21. The lowest BCUT2D eigenvalue weighted by atomic mass is 10.0. The van der Waals surface area contributed by atoms with Gasteiger partial charge in [0.2, 0.25) is 0 Å². The van der Waals surface area contributed by atoms with E-state index in [4.69, 9.17) is 5.11 Å². The summed E-state index contributed by atoms with van der Waals surface area (Å²) in [5.74, 6) is -0.772. The molecule has 0 saturated heterocycles. The monoisotopic (exact) mass is 359 g/mol. The van der Waals surface area contributed by atoms with Crippen LogP contribution < -0.4 is 0 Å². The number of aryl methyl sites for hydroxylation is 3. The zero-order chi connectivity index (χ0) is 18.6. The number of hydrogen-bond donors (Lipinski definition) is 1. The van der Waals surface area contributed by atoms with Crippen LogP contribution in [-0.2, 0) is 24.2 Å². The summed E-state index contributed by atoms with van der Waals surface area (Å²) in [6.07, 6.45) is 6.80. The van der Waals surface area contributed by atoms with Gasteiger partial charge in [0.1, 0.15) is 0 Å². The summed E-state index contributed by atoms with van der Waals surface area (Å²) in [5.41, 5.74) is 4.25. The first kappa shape index (κ1) is 17.2. The zero-order valence-corrected chi connectivity index (χ0v) is 15.0. The number of carbonyl (C=O) groups is 1. The van der Waals surface area contributed by atoms with Gasteiger partial charge in [-0.15, -0.1) is 0 Å². The molecule has 136 valence electrons. The van der Waals surface area contributed by atoms with Crippen molar-refractivity contribution in [3.8, 4) is 0 Å². The maximum Gasteiger partial charge on any atom is 0.305 e. The maximum absolute atomic E-state index is 10.8. The Kier molecular flexibility index (Phi) is 4.83. The molecular formula is C22H21N3O2. The number of aromatic nitrogens is 3. The Bertz CT molecular complexity index is 1100. The van der Waals surface area contributed by atoms with Gasteiger partial charge in [0.15, 0.2) is 5.65 Å². The smallest absolute Gasteiger partial charge is 0.305 e. The lowest BCUT2D eigenvalue weighted by Gasteiger charge is -2.06. The van der Waals surface area contributed by atoms with E-state index >= 15 is 0 Å². The van der Waals surface area contributed by atoms with Crippen molar-refractivity contribution in [1.82, 2.24) is 14.5 Å². The fraction of sp³-hybridized carbons (Fsp3) is 0.227. The molecule has 3 heterocycles. The zero-order valence-electron chi connectivity index (χ0n) is 15.0. The van der Waals surface area contributed by atoms with Crippen LogP contribution in [0, 0.1) is 0 Å². The molecule has 0 aliphatic heterocycles. The SMILES string of the molecule is O=C(O)CCn1ccc2cc(CCCc3ccc4cccnc4n3)ccc21. The van der Waals surface area contributed by atoms with Gasteiger partial charge in [-0.3, -0.25) is 4.79 Å². The van der Waals surface area contributed by atoms with Gasteiger partial charge in [-0.2, -0.15) is 0 Å². The highest BCUT2D eigenvalue weighted by atomic mass is 16.4. The third kappa shape index (κ3) is 3.97. The molecular weight excluding hydrogens is 338 g/mol. The van der Waals surface area contributed by atoms with Gasteiger partial charge in [-0.1, -0.05) is 6.07 Å². The molecule has 27 heavy (non-hydrogen) atoms. The van der Waals surface area contributed by atoms with Gasteiger partial charge in [-0.25, -0.2) is 9.97 Å². The van der Waals surface area contributed by atoms with E-state index in [9.17, 15) is 4.79 Å². The van der Waals surface area contributed by atoms with Crippen LogP contribution in [-0.4, -0.2) is 25.6 Å². The quantitative estimate of drug-likeness (QED) is 0.536. The number of pyridine rings is 2. The maximum atomic E-state index is 10.8. The molecule has 0 amide bonds. The Morgan fingerprint density at radius 1 is 1.04 bits per heavy atom. The number of hydrogen-bond acceptors (Lipinski definition) is 3. The summed E-state index contributed by atoms with van der Waals surface area (Å²) in [7, 11) is 0. The lowest BCUT2D eigenvalue weighted by molar-refractivity contribution is -0.137. The molecule has 3 aromatic heterocycles. The second kappa shape index (κ2) is 7.58. The molecule has 0 aliphatic carbocycles. The van der Waals surface area contributed by atoms with Crippen LogP contribution in [0.1, 0.15) is 24.1 Å². The van der Waals surface area contributed by atoms with E-state index in [0.29, 0.717) is 6.54 Å². The first-order valence-electron chi connectivity index (χ1n) is 9.19. The van der Waals surface area contributed by atoms with Crippen LogP contribution in [0.25, 0.3) is 21.9 Å². The number of fused-ring (bicyclic) bond motifs is 2. The van der Waals surface area contributed by atoms with Crippen molar-refractivity contribution >= 4 is 27.9 Å². The van der Waals surface area contributed by atoms with Crippen LogP contribution in [0.2, 0.25) is 0 Å². The minimum atomic E-state index is -0.772. The van der Waals surface area contributed by atoms with E-state index in [2.05, 4.69) is 46.4 Å². The third-order valence-corrected chi connectivity index (χ3v) is 4.82. The molecule has 1 aromatic carbocycles. The standard InChI is InChI=1S/C22H21N3O2/c26-21(27)11-14-25-13-10-18-15-16(6-9-20(18)25)3-1-5-19-8-7-17-4-2-12-23-22(17)24-19/h2,4,6-10,12-13,15H,1,3,5,11,14H2,(H,26,27). The van der Waals surface area contributed by atoms with Crippen LogP contribution in [0.4, 0.5) is 0 Å². The van der Waals surface area contributed by atoms with Gasteiger partial charge in [-0.05, 0) is 72.7 Å². The average Bonchev–Trinajstić information content (AvgIpc) is 3.08. The van der Waals surface area contributed by atoms with E-state index in [1.165, 1.54) is 5.56 Å². The van der Waals surface area contributed by atoms with E-state index in [-0.39, 0.29) is 6.42 Å². The molecule has 4 rings (SSSR count). The van der Waals surface area contributed by atoms with Gasteiger partial charge in [0.25, 0.3) is 0 Å². The molecule has 0 saturated carbocycles. The second-order valence-electron chi connectivity index (χ2n) is 6.75. The van der Waals surface area contributed by atoms with Crippen molar-refractivity contribution in [3.63, 3.8) is 0 Å². The molecule has 0 bridgehead atoms. The summed E-state index contributed by atoms with van der Waals surface area (Å²) in [4.78, 5) is 19.7. The lowest BCUT2D eigenvalue weighted by Crippen LogP contribution is -2.03. The normalized spacial score (nSPS) is 11.3. The molecule has 0 spiro atoms. The van der Waals surface area contributed by atoms with Gasteiger partial charge < -0.3 is 9.67 Å². The number of benzene rings is 1. The Morgan fingerprint density at radius 3 is 2.85 bits per heavy atom. The van der Waals surface area contributed by atoms with Crippen molar-refractivity contribution in [2.24, 2.45) is 0 Å². The highest BCUT2D eigenvalue weighted by Gasteiger charge is 2.05. The molecule has 0 atom stereocenters. The molecule has 0 fully saturated rings. The summed E-state index contributed by atoms with van der Waals surface area (Å²) < 4.78 is 2.00. The molecule has 4 aromatic rings. The topological polar surface area (TPSA) is 68.0 Å². The molecule has 5 heteroatoms. The Labute approximate surface area is 157 Å². The van der Waals surface area contributed by atoms with Gasteiger partial charge in [0, 0.05) is 35.5 Å². The van der Waals surface area contributed by atoms with Crippen LogP contribution >= 0.6 is 0 Å². The Morgan fingerprint density at radius 2 is 1.96 bits per heavy atom. The molecule has 0 aliphatic rings.